The van der Waals surface area contributed by atoms with Crippen molar-refractivity contribution in [3.63, 3.8) is 0 Å². The molecule has 5 amide bonds. The quantitative estimate of drug-likeness (QED) is 0.109. The van der Waals surface area contributed by atoms with Crippen LogP contribution < -0.4 is 33.2 Å². The Morgan fingerprint density at radius 2 is 1.26 bits per heavy atom. The van der Waals surface area contributed by atoms with Crippen LogP contribution in [0.4, 0.5) is 0 Å². The van der Waals surface area contributed by atoms with Gasteiger partial charge < -0.3 is 43.4 Å². The SMILES string of the molecule is CC(C)CC(NC(=O)C(NC(=O)C(CCC(N)=O)NC(=O)C(N)CCC(N)=O)C(C)O)C(=O)O. The molecule has 0 saturated heterocycles. The summed E-state index contributed by atoms with van der Waals surface area (Å²) >= 11 is 0. The number of carboxylic acid groups (broad SMARTS) is 1. The van der Waals surface area contributed by atoms with Crippen molar-refractivity contribution in [3.05, 3.63) is 0 Å². The standard InChI is InChI=1S/C20H36N6O8/c1-9(2)8-13(20(33)34)25-19(32)16(10(3)27)26-18(31)12(5-7-15(23)29)24-17(30)11(21)4-6-14(22)28/h9-13,16,27H,4-8,21H2,1-3H3,(H2,22,28)(H2,23,29)(H,24,30)(H,25,32)(H,26,31)(H,33,34). The summed E-state index contributed by atoms with van der Waals surface area (Å²) < 4.78 is 0. The van der Waals surface area contributed by atoms with Gasteiger partial charge in [-0.15, -0.1) is 0 Å². The van der Waals surface area contributed by atoms with E-state index >= 15 is 0 Å². The predicted octanol–water partition coefficient (Wildman–Crippen LogP) is -3.19. The Balaban J connectivity index is 5.47. The number of hydrogen-bond donors (Lipinski definition) is 8. The summed E-state index contributed by atoms with van der Waals surface area (Å²) in [5, 5.41) is 26.2. The molecule has 0 fully saturated rings. The molecule has 0 spiro atoms. The molecule has 0 aromatic heterocycles. The number of carbonyl (C=O) groups excluding carboxylic acids is 5. The minimum absolute atomic E-state index is 0.0619. The van der Waals surface area contributed by atoms with Crippen LogP contribution in [0.1, 0.15) is 52.9 Å². The van der Waals surface area contributed by atoms with Crippen LogP contribution in [0.5, 0.6) is 0 Å². The number of carboxylic acids is 1. The van der Waals surface area contributed by atoms with E-state index in [1.165, 1.54) is 6.92 Å². The molecule has 0 saturated carbocycles. The van der Waals surface area contributed by atoms with E-state index in [2.05, 4.69) is 16.0 Å². The molecule has 34 heavy (non-hydrogen) atoms. The lowest BCUT2D eigenvalue weighted by atomic mass is 10.0. The highest BCUT2D eigenvalue weighted by Crippen LogP contribution is 2.07. The number of hydrogen-bond acceptors (Lipinski definition) is 8. The Kier molecular flexibility index (Phi) is 13.4. The summed E-state index contributed by atoms with van der Waals surface area (Å²) in [6.07, 6.45) is -2.11. The molecule has 0 aromatic rings. The predicted molar refractivity (Wildman–Crippen MR) is 119 cm³/mol. The average Bonchev–Trinajstić information content (AvgIpc) is 2.71. The number of aliphatic hydroxyl groups excluding tert-OH is 1. The number of aliphatic hydroxyl groups is 1. The molecule has 0 bridgehead atoms. The zero-order valence-corrected chi connectivity index (χ0v) is 19.6. The highest BCUT2D eigenvalue weighted by Gasteiger charge is 2.33. The molecule has 14 nitrogen and oxygen atoms in total. The van der Waals surface area contributed by atoms with Crippen molar-refractivity contribution in [2.45, 2.75) is 83.1 Å². The third-order valence-corrected chi connectivity index (χ3v) is 4.74. The molecular formula is C20H36N6O8. The number of aliphatic carboxylic acids is 1. The largest absolute Gasteiger partial charge is 0.480 e. The lowest BCUT2D eigenvalue weighted by Gasteiger charge is -2.26. The van der Waals surface area contributed by atoms with Gasteiger partial charge >= 0.3 is 5.97 Å². The first-order valence-electron chi connectivity index (χ1n) is 10.8. The second-order valence-corrected chi connectivity index (χ2v) is 8.43. The normalized spacial score (nSPS) is 15.4. The molecule has 11 N–H and O–H groups in total. The molecule has 0 aromatic carbocycles. The van der Waals surface area contributed by atoms with E-state index in [9.17, 15) is 39.0 Å². The van der Waals surface area contributed by atoms with E-state index in [1.54, 1.807) is 13.8 Å². The van der Waals surface area contributed by atoms with Crippen molar-refractivity contribution >= 4 is 35.5 Å². The maximum atomic E-state index is 12.8. The number of primary amides is 2. The molecule has 5 atom stereocenters. The molecule has 0 aliphatic heterocycles. The fraction of sp³-hybridized carbons (Fsp3) is 0.700. The Labute approximate surface area is 197 Å². The van der Waals surface area contributed by atoms with E-state index < -0.39 is 65.8 Å². The van der Waals surface area contributed by atoms with Gasteiger partial charge in [0.2, 0.25) is 29.5 Å². The minimum atomic E-state index is -1.56. The van der Waals surface area contributed by atoms with E-state index in [0.717, 1.165) is 0 Å². The van der Waals surface area contributed by atoms with Crippen molar-refractivity contribution in [2.75, 3.05) is 0 Å². The summed E-state index contributed by atoms with van der Waals surface area (Å²) in [5.74, 6) is -5.47. The minimum Gasteiger partial charge on any atom is -0.480 e. The smallest absolute Gasteiger partial charge is 0.326 e. The van der Waals surface area contributed by atoms with Gasteiger partial charge in [0.25, 0.3) is 0 Å². The van der Waals surface area contributed by atoms with Gasteiger partial charge in [0.15, 0.2) is 0 Å². The van der Waals surface area contributed by atoms with Crippen molar-refractivity contribution in [1.82, 2.24) is 16.0 Å². The summed E-state index contributed by atoms with van der Waals surface area (Å²) in [5.41, 5.74) is 15.8. The van der Waals surface area contributed by atoms with Gasteiger partial charge in [-0.1, -0.05) is 13.8 Å². The zero-order chi connectivity index (χ0) is 26.6. The molecule has 0 aliphatic rings. The third kappa shape index (κ3) is 12.1. The summed E-state index contributed by atoms with van der Waals surface area (Å²) in [7, 11) is 0. The lowest BCUT2D eigenvalue weighted by Crippen LogP contribution is -2.60. The van der Waals surface area contributed by atoms with Crippen molar-refractivity contribution in [1.29, 1.82) is 0 Å². The fourth-order valence-electron chi connectivity index (χ4n) is 2.88. The molecule has 194 valence electrons. The van der Waals surface area contributed by atoms with E-state index in [-0.39, 0.29) is 38.0 Å². The van der Waals surface area contributed by atoms with Crippen LogP contribution in [0, 0.1) is 5.92 Å². The highest BCUT2D eigenvalue weighted by atomic mass is 16.4. The van der Waals surface area contributed by atoms with Crippen LogP contribution in [-0.2, 0) is 28.8 Å². The van der Waals surface area contributed by atoms with Crippen molar-refractivity contribution < 1.29 is 39.0 Å². The topological polar surface area (TPSA) is 257 Å². The monoisotopic (exact) mass is 488 g/mol. The van der Waals surface area contributed by atoms with Crippen LogP contribution >= 0.6 is 0 Å². The number of nitrogens with two attached hydrogens (primary N) is 3. The second-order valence-electron chi connectivity index (χ2n) is 8.43. The van der Waals surface area contributed by atoms with Gasteiger partial charge in [0.1, 0.15) is 18.1 Å². The van der Waals surface area contributed by atoms with Crippen LogP contribution in [0.15, 0.2) is 0 Å². The highest BCUT2D eigenvalue weighted by molar-refractivity contribution is 5.94. The number of rotatable bonds is 16. The van der Waals surface area contributed by atoms with E-state index in [4.69, 9.17) is 17.2 Å². The molecular weight excluding hydrogens is 452 g/mol. The molecule has 14 heteroatoms. The Bertz CT molecular complexity index is 757. The van der Waals surface area contributed by atoms with Crippen LogP contribution in [0.3, 0.4) is 0 Å². The molecule has 0 aliphatic carbocycles. The maximum Gasteiger partial charge on any atom is 0.326 e. The van der Waals surface area contributed by atoms with Gasteiger partial charge in [-0.2, -0.15) is 0 Å². The molecule has 0 radical (unpaired) electrons. The van der Waals surface area contributed by atoms with E-state index in [0.29, 0.717) is 0 Å². The van der Waals surface area contributed by atoms with Gasteiger partial charge in [0, 0.05) is 12.8 Å². The van der Waals surface area contributed by atoms with Gasteiger partial charge in [-0.25, -0.2) is 4.79 Å². The van der Waals surface area contributed by atoms with Gasteiger partial charge in [-0.05, 0) is 32.1 Å². The average molecular weight is 489 g/mol. The number of nitrogens with one attached hydrogen (secondary N) is 3. The lowest BCUT2D eigenvalue weighted by molar-refractivity contribution is -0.143. The van der Waals surface area contributed by atoms with Gasteiger partial charge in [-0.3, -0.25) is 24.0 Å². The third-order valence-electron chi connectivity index (χ3n) is 4.74. The number of amides is 5. The van der Waals surface area contributed by atoms with Crippen LogP contribution in [0.25, 0.3) is 0 Å². The maximum absolute atomic E-state index is 12.8. The van der Waals surface area contributed by atoms with Crippen molar-refractivity contribution in [3.8, 4) is 0 Å². The Hall–Kier alpha value is -3.26. The van der Waals surface area contributed by atoms with E-state index in [1.807, 2.05) is 0 Å². The van der Waals surface area contributed by atoms with Gasteiger partial charge in [0.05, 0.1) is 12.1 Å². The first-order chi connectivity index (χ1) is 15.6. The second kappa shape index (κ2) is 14.8. The first-order valence-corrected chi connectivity index (χ1v) is 10.8. The Morgan fingerprint density at radius 1 is 0.765 bits per heavy atom. The summed E-state index contributed by atoms with van der Waals surface area (Å²) in [4.78, 5) is 71.2. The first kappa shape index (κ1) is 30.7. The fourth-order valence-corrected chi connectivity index (χ4v) is 2.88. The van der Waals surface area contributed by atoms with Crippen LogP contribution in [-0.4, -0.2) is 76.0 Å². The molecule has 5 unspecified atom stereocenters. The summed E-state index contributed by atoms with van der Waals surface area (Å²) in [6, 6.07) is -5.35. The molecule has 0 heterocycles. The summed E-state index contributed by atoms with van der Waals surface area (Å²) in [6.45, 7) is 4.73. The zero-order valence-electron chi connectivity index (χ0n) is 19.6. The Morgan fingerprint density at radius 3 is 1.71 bits per heavy atom. The number of carbonyl (C=O) groups is 6. The van der Waals surface area contributed by atoms with Crippen LogP contribution in [0.2, 0.25) is 0 Å². The van der Waals surface area contributed by atoms with Crippen molar-refractivity contribution in [2.24, 2.45) is 23.1 Å². The molecule has 0 rings (SSSR count).